The fourth-order valence-electron chi connectivity index (χ4n) is 1.36. The summed E-state index contributed by atoms with van der Waals surface area (Å²) in [6, 6.07) is 0.143. The van der Waals surface area contributed by atoms with E-state index in [1.54, 1.807) is 0 Å². The van der Waals surface area contributed by atoms with Crippen molar-refractivity contribution in [3.05, 3.63) is 16.4 Å². The summed E-state index contributed by atoms with van der Waals surface area (Å²) in [6.45, 7) is 7.07. The molecule has 1 heterocycles. The molecule has 0 aliphatic carbocycles. The highest BCUT2D eigenvalue weighted by Gasteiger charge is 2.12. The topological polar surface area (TPSA) is 43.8 Å². The van der Waals surface area contributed by atoms with Crippen molar-refractivity contribution in [1.82, 2.24) is 9.78 Å². The van der Waals surface area contributed by atoms with Crippen molar-refractivity contribution in [2.24, 2.45) is 5.73 Å². The Morgan fingerprint density at radius 1 is 1.54 bits per heavy atom. The second kappa shape index (κ2) is 4.24. The van der Waals surface area contributed by atoms with Crippen LogP contribution in [0.1, 0.15) is 32.4 Å². The average molecular weight is 246 g/mol. The third kappa shape index (κ3) is 2.54. The Morgan fingerprint density at radius 2 is 2.15 bits per heavy atom. The monoisotopic (exact) mass is 245 g/mol. The van der Waals surface area contributed by atoms with E-state index < -0.39 is 0 Å². The molecule has 0 saturated carbocycles. The van der Waals surface area contributed by atoms with Crippen molar-refractivity contribution in [2.45, 2.75) is 39.3 Å². The van der Waals surface area contributed by atoms with Crippen molar-refractivity contribution in [2.75, 3.05) is 0 Å². The lowest BCUT2D eigenvalue weighted by molar-refractivity contribution is 0.508. The highest BCUT2D eigenvalue weighted by molar-refractivity contribution is 9.10. The fraction of sp³-hybridized carbons (Fsp3) is 0.667. The molecule has 1 aromatic rings. The maximum Gasteiger partial charge on any atom is 0.0635 e. The van der Waals surface area contributed by atoms with Gasteiger partial charge >= 0.3 is 0 Å². The average Bonchev–Trinajstić information content (AvgIpc) is 2.30. The first-order chi connectivity index (χ1) is 6.02. The minimum absolute atomic E-state index is 0.143. The van der Waals surface area contributed by atoms with Crippen LogP contribution in [0.3, 0.4) is 0 Å². The van der Waals surface area contributed by atoms with Gasteiger partial charge in [0.25, 0.3) is 0 Å². The van der Waals surface area contributed by atoms with Crippen LogP contribution >= 0.6 is 15.9 Å². The van der Waals surface area contributed by atoms with E-state index >= 15 is 0 Å². The van der Waals surface area contributed by atoms with Gasteiger partial charge in [0.1, 0.15) is 0 Å². The highest BCUT2D eigenvalue weighted by Crippen LogP contribution is 2.24. The van der Waals surface area contributed by atoms with Gasteiger partial charge < -0.3 is 5.73 Å². The van der Waals surface area contributed by atoms with Crippen molar-refractivity contribution in [3.63, 3.8) is 0 Å². The SMILES string of the molecule is CC(N)Cn1ncc(Br)c1C(C)C. The van der Waals surface area contributed by atoms with Crippen molar-refractivity contribution in [1.29, 1.82) is 0 Å². The molecule has 0 fully saturated rings. The zero-order valence-electron chi connectivity index (χ0n) is 8.29. The largest absolute Gasteiger partial charge is 0.326 e. The first-order valence-corrected chi connectivity index (χ1v) is 5.28. The molecule has 0 bridgehead atoms. The van der Waals surface area contributed by atoms with Gasteiger partial charge in [-0.15, -0.1) is 0 Å². The lowest BCUT2D eigenvalue weighted by Crippen LogP contribution is -2.24. The predicted octanol–water partition coefficient (Wildman–Crippen LogP) is 2.12. The molecule has 0 radical (unpaired) electrons. The van der Waals surface area contributed by atoms with Gasteiger partial charge in [-0.2, -0.15) is 5.10 Å². The molecular weight excluding hydrogens is 230 g/mol. The number of halogens is 1. The van der Waals surface area contributed by atoms with Crippen molar-refractivity contribution < 1.29 is 0 Å². The second-order valence-corrected chi connectivity index (χ2v) is 4.55. The van der Waals surface area contributed by atoms with Crippen LogP contribution in [0.15, 0.2) is 10.7 Å². The number of nitrogens with two attached hydrogens (primary N) is 1. The number of nitrogens with zero attached hydrogens (tertiary/aromatic N) is 2. The molecule has 0 aliphatic rings. The normalized spacial score (nSPS) is 13.7. The van der Waals surface area contributed by atoms with E-state index in [2.05, 4.69) is 34.9 Å². The molecule has 13 heavy (non-hydrogen) atoms. The van der Waals surface area contributed by atoms with Gasteiger partial charge in [0, 0.05) is 6.04 Å². The number of rotatable bonds is 3. The summed E-state index contributed by atoms with van der Waals surface area (Å²) in [6.07, 6.45) is 1.83. The molecule has 4 heteroatoms. The zero-order chi connectivity index (χ0) is 10.0. The molecule has 1 aromatic heterocycles. The Bertz CT molecular complexity index is 278. The molecule has 0 aliphatic heterocycles. The molecule has 2 N–H and O–H groups in total. The van der Waals surface area contributed by atoms with E-state index in [9.17, 15) is 0 Å². The molecule has 3 nitrogen and oxygen atoms in total. The van der Waals surface area contributed by atoms with E-state index in [1.807, 2.05) is 17.8 Å². The van der Waals surface area contributed by atoms with Gasteiger partial charge in [0.05, 0.1) is 22.9 Å². The van der Waals surface area contributed by atoms with E-state index in [0.29, 0.717) is 5.92 Å². The van der Waals surface area contributed by atoms with E-state index in [4.69, 9.17) is 5.73 Å². The van der Waals surface area contributed by atoms with Gasteiger partial charge in [-0.1, -0.05) is 13.8 Å². The van der Waals surface area contributed by atoms with Crippen LogP contribution in [-0.2, 0) is 6.54 Å². The summed E-state index contributed by atoms with van der Waals surface area (Å²) >= 11 is 3.48. The van der Waals surface area contributed by atoms with Gasteiger partial charge in [0.15, 0.2) is 0 Å². The van der Waals surface area contributed by atoms with E-state index in [-0.39, 0.29) is 6.04 Å². The fourth-order valence-corrected chi connectivity index (χ4v) is 2.12. The van der Waals surface area contributed by atoms with E-state index in [0.717, 1.165) is 11.0 Å². The lowest BCUT2D eigenvalue weighted by atomic mass is 10.1. The quantitative estimate of drug-likeness (QED) is 0.887. The summed E-state index contributed by atoms with van der Waals surface area (Å²) in [5, 5.41) is 4.27. The van der Waals surface area contributed by atoms with Crippen molar-refractivity contribution >= 4 is 15.9 Å². The first-order valence-electron chi connectivity index (χ1n) is 4.49. The van der Waals surface area contributed by atoms with Crippen LogP contribution in [-0.4, -0.2) is 15.8 Å². The van der Waals surface area contributed by atoms with Crippen molar-refractivity contribution in [3.8, 4) is 0 Å². The third-order valence-electron chi connectivity index (χ3n) is 1.84. The summed E-state index contributed by atoms with van der Waals surface area (Å²) in [5.74, 6) is 0.468. The van der Waals surface area contributed by atoms with Crippen LogP contribution in [0, 0.1) is 0 Å². The molecule has 0 saturated heterocycles. The summed E-state index contributed by atoms with van der Waals surface area (Å²) < 4.78 is 3.04. The Hall–Kier alpha value is -0.350. The lowest BCUT2D eigenvalue weighted by Gasteiger charge is -2.12. The molecule has 0 aromatic carbocycles. The standard InChI is InChI=1S/C9H16BrN3/c1-6(2)9-8(10)4-12-13(9)5-7(3)11/h4,6-7H,5,11H2,1-3H3. The molecule has 0 amide bonds. The third-order valence-corrected chi connectivity index (χ3v) is 2.45. The number of hydrogen-bond acceptors (Lipinski definition) is 2. The number of aromatic nitrogens is 2. The molecule has 1 atom stereocenters. The Kier molecular flexibility index (Phi) is 3.50. The maximum absolute atomic E-state index is 5.73. The van der Waals surface area contributed by atoms with Gasteiger partial charge in [-0.05, 0) is 28.8 Å². The molecule has 0 spiro atoms. The predicted molar refractivity (Wildman–Crippen MR) is 57.7 cm³/mol. The van der Waals surface area contributed by atoms with Crippen LogP contribution < -0.4 is 5.73 Å². The Labute approximate surface area is 87.4 Å². The minimum Gasteiger partial charge on any atom is -0.326 e. The Balaban J connectivity index is 2.94. The molecule has 1 rings (SSSR count). The van der Waals surface area contributed by atoms with Gasteiger partial charge in [0.2, 0.25) is 0 Å². The van der Waals surface area contributed by atoms with Crippen LogP contribution in [0.25, 0.3) is 0 Å². The van der Waals surface area contributed by atoms with Gasteiger partial charge in [-0.25, -0.2) is 0 Å². The van der Waals surface area contributed by atoms with Crippen LogP contribution in [0.2, 0.25) is 0 Å². The zero-order valence-corrected chi connectivity index (χ0v) is 9.87. The summed E-state index contributed by atoms with van der Waals surface area (Å²) in [7, 11) is 0. The second-order valence-electron chi connectivity index (χ2n) is 3.69. The molecule has 74 valence electrons. The highest BCUT2D eigenvalue weighted by atomic mass is 79.9. The Morgan fingerprint density at radius 3 is 2.62 bits per heavy atom. The number of hydrogen-bond donors (Lipinski definition) is 1. The smallest absolute Gasteiger partial charge is 0.0635 e. The minimum atomic E-state index is 0.143. The van der Waals surface area contributed by atoms with Crippen LogP contribution in [0.5, 0.6) is 0 Å². The van der Waals surface area contributed by atoms with Crippen LogP contribution in [0.4, 0.5) is 0 Å². The first kappa shape index (κ1) is 10.7. The van der Waals surface area contributed by atoms with E-state index in [1.165, 1.54) is 5.69 Å². The molecular formula is C9H16BrN3. The summed E-state index contributed by atoms with van der Waals surface area (Å²) in [5.41, 5.74) is 6.95. The maximum atomic E-state index is 5.73. The summed E-state index contributed by atoms with van der Waals surface area (Å²) in [4.78, 5) is 0. The van der Waals surface area contributed by atoms with Gasteiger partial charge in [-0.3, -0.25) is 4.68 Å². The molecule has 1 unspecified atom stereocenters.